The molecular formula is C45H28N2O. The van der Waals surface area contributed by atoms with Crippen molar-refractivity contribution in [2.45, 2.75) is 0 Å². The zero-order valence-electron chi connectivity index (χ0n) is 26.0. The fourth-order valence-electron chi connectivity index (χ4n) is 7.28. The van der Waals surface area contributed by atoms with Gasteiger partial charge in [0.25, 0.3) is 0 Å². The normalized spacial score (nSPS) is 11.8. The van der Waals surface area contributed by atoms with Gasteiger partial charge in [-0.05, 0) is 76.1 Å². The maximum Gasteiger partial charge on any atom is 0.144 e. The van der Waals surface area contributed by atoms with Crippen molar-refractivity contribution in [2.24, 2.45) is 0 Å². The van der Waals surface area contributed by atoms with Crippen LogP contribution in [0.5, 0.6) is 0 Å². The quantitative estimate of drug-likeness (QED) is 0.185. The molecule has 0 N–H and O–H groups in total. The molecule has 0 aliphatic rings. The number of para-hydroxylation sites is 2. The SMILES string of the molecule is c1ccc2cc(N(c3ccc(-c4nc5ccccc5c5c4ccc4c6ccccc6oc45)cc3)c3ccc4ccccc4c3)ccc2c1. The van der Waals surface area contributed by atoms with Crippen molar-refractivity contribution in [1.29, 1.82) is 0 Å². The lowest BCUT2D eigenvalue weighted by atomic mass is 9.97. The Morgan fingerprint density at radius 2 is 0.979 bits per heavy atom. The van der Waals surface area contributed by atoms with E-state index in [1.165, 1.54) is 21.5 Å². The molecule has 2 heterocycles. The van der Waals surface area contributed by atoms with E-state index < -0.39 is 0 Å². The van der Waals surface area contributed by atoms with Crippen LogP contribution in [0.1, 0.15) is 0 Å². The minimum absolute atomic E-state index is 0.897. The van der Waals surface area contributed by atoms with Gasteiger partial charge in [0.2, 0.25) is 0 Å². The number of fused-ring (bicyclic) bond motifs is 9. The van der Waals surface area contributed by atoms with Gasteiger partial charge in [-0.15, -0.1) is 0 Å². The van der Waals surface area contributed by atoms with Gasteiger partial charge in [-0.3, -0.25) is 0 Å². The third-order valence-electron chi connectivity index (χ3n) is 9.59. The third kappa shape index (κ3) is 4.18. The lowest BCUT2D eigenvalue weighted by Crippen LogP contribution is -2.10. The maximum absolute atomic E-state index is 6.54. The maximum atomic E-state index is 6.54. The summed E-state index contributed by atoms with van der Waals surface area (Å²) in [5.74, 6) is 0. The van der Waals surface area contributed by atoms with Crippen molar-refractivity contribution in [3.63, 3.8) is 0 Å². The van der Waals surface area contributed by atoms with E-state index in [9.17, 15) is 0 Å². The van der Waals surface area contributed by atoms with Gasteiger partial charge in [0.05, 0.1) is 11.2 Å². The molecule has 3 nitrogen and oxygen atoms in total. The molecule has 0 spiro atoms. The van der Waals surface area contributed by atoms with Crippen LogP contribution in [0.25, 0.3) is 76.4 Å². The number of hydrogen-bond donors (Lipinski definition) is 0. The van der Waals surface area contributed by atoms with Crippen LogP contribution in [0, 0.1) is 0 Å². The number of aromatic nitrogens is 1. The molecule has 2 aromatic heterocycles. The predicted octanol–water partition coefficient (Wildman–Crippen LogP) is 12.7. The van der Waals surface area contributed by atoms with Crippen molar-refractivity contribution in [3.05, 3.63) is 170 Å². The summed E-state index contributed by atoms with van der Waals surface area (Å²) in [6, 6.07) is 60.3. The standard InChI is InChI=1S/C45H28N2O/c1-3-11-32-27-35(23-17-29(32)9-1)47(36-24-18-30-10-2-4-12-33(30)28-36)34-21-19-31(20-22-34)44-40-26-25-38-37-13-6-8-16-42(37)48-45(38)43(40)39-14-5-7-15-41(39)46-44/h1-28H. The molecule has 0 saturated carbocycles. The molecular weight excluding hydrogens is 585 g/mol. The van der Waals surface area contributed by atoms with E-state index in [2.05, 4.69) is 163 Å². The summed E-state index contributed by atoms with van der Waals surface area (Å²) in [6.07, 6.45) is 0. The lowest BCUT2D eigenvalue weighted by molar-refractivity contribution is 0.673. The monoisotopic (exact) mass is 612 g/mol. The summed E-state index contributed by atoms with van der Waals surface area (Å²) in [6.45, 7) is 0. The lowest BCUT2D eigenvalue weighted by Gasteiger charge is -2.26. The van der Waals surface area contributed by atoms with Gasteiger partial charge < -0.3 is 9.32 Å². The minimum Gasteiger partial charge on any atom is -0.455 e. The van der Waals surface area contributed by atoms with Crippen LogP contribution in [0.3, 0.4) is 0 Å². The summed E-state index contributed by atoms with van der Waals surface area (Å²) < 4.78 is 6.54. The molecule has 0 amide bonds. The third-order valence-corrected chi connectivity index (χ3v) is 9.59. The van der Waals surface area contributed by atoms with Gasteiger partial charge in [0.15, 0.2) is 0 Å². The van der Waals surface area contributed by atoms with Crippen molar-refractivity contribution in [2.75, 3.05) is 4.90 Å². The highest BCUT2D eigenvalue weighted by molar-refractivity contribution is 6.24. The number of anilines is 3. The van der Waals surface area contributed by atoms with Gasteiger partial charge in [0, 0.05) is 49.6 Å². The van der Waals surface area contributed by atoms with Crippen molar-refractivity contribution < 1.29 is 4.42 Å². The molecule has 10 rings (SSSR count). The van der Waals surface area contributed by atoms with Crippen LogP contribution in [0.4, 0.5) is 17.1 Å². The molecule has 10 aromatic rings. The van der Waals surface area contributed by atoms with Gasteiger partial charge >= 0.3 is 0 Å². The molecule has 0 saturated heterocycles. The van der Waals surface area contributed by atoms with E-state index in [1.807, 2.05) is 12.1 Å². The van der Waals surface area contributed by atoms with Crippen molar-refractivity contribution in [3.8, 4) is 11.3 Å². The largest absolute Gasteiger partial charge is 0.455 e. The van der Waals surface area contributed by atoms with Crippen LogP contribution in [-0.4, -0.2) is 4.98 Å². The van der Waals surface area contributed by atoms with Crippen LogP contribution >= 0.6 is 0 Å². The first-order valence-corrected chi connectivity index (χ1v) is 16.3. The number of benzene rings is 8. The first-order chi connectivity index (χ1) is 23.8. The Balaban J connectivity index is 1.16. The number of furan rings is 1. The average molecular weight is 613 g/mol. The van der Waals surface area contributed by atoms with E-state index in [1.54, 1.807) is 0 Å². The van der Waals surface area contributed by atoms with Crippen molar-refractivity contribution in [1.82, 2.24) is 4.98 Å². The zero-order chi connectivity index (χ0) is 31.6. The molecule has 0 bridgehead atoms. The second kappa shape index (κ2) is 10.5. The smallest absolute Gasteiger partial charge is 0.144 e. The van der Waals surface area contributed by atoms with E-state index >= 15 is 0 Å². The summed E-state index contributed by atoms with van der Waals surface area (Å²) in [4.78, 5) is 7.58. The summed E-state index contributed by atoms with van der Waals surface area (Å²) in [5, 5.41) is 10.4. The fraction of sp³-hybridized carbons (Fsp3) is 0. The molecule has 0 atom stereocenters. The number of rotatable bonds is 4. The van der Waals surface area contributed by atoms with Crippen LogP contribution in [0.15, 0.2) is 174 Å². The van der Waals surface area contributed by atoms with E-state index in [0.717, 1.165) is 71.9 Å². The van der Waals surface area contributed by atoms with Crippen LogP contribution in [-0.2, 0) is 0 Å². The number of nitrogens with zero attached hydrogens (tertiary/aromatic N) is 2. The van der Waals surface area contributed by atoms with E-state index in [4.69, 9.17) is 9.40 Å². The Morgan fingerprint density at radius 3 is 1.69 bits per heavy atom. The fourth-order valence-corrected chi connectivity index (χ4v) is 7.28. The highest BCUT2D eigenvalue weighted by atomic mass is 16.3. The van der Waals surface area contributed by atoms with E-state index in [-0.39, 0.29) is 0 Å². The second-order valence-electron chi connectivity index (χ2n) is 12.4. The Labute approximate surface area is 276 Å². The molecule has 0 aliphatic carbocycles. The minimum atomic E-state index is 0.897. The highest BCUT2D eigenvalue weighted by Crippen LogP contribution is 2.42. The zero-order valence-corrected chi connectivity index (χ0v) is 26.0. The molecule has 8 aromatic carbocycles. The highest BCUT2D eigenvalue weighted by Gasteiger charge is 2.18. The Morgan fingerprint density at radius 1 is 0.417 bits per heavy atom. The van der Waals surface area contributed by atoms with Crippen molar-refractivity contribution >= 4 is 82.2 Å². The molecule has 48 heavy (non-hydrogen) atoms. The molecule has 0 unspecified atom stereocenters. The summed E-state index contributed by atoms with van der Waals surface area (Å²) in [5.41, 5.74) is 8.05. The topological polar surface area (TPSA) is 29.3 Å². The second-order valence-corrected chi connectivity index (χ2v) is 12.4. The molecule has 3 heteroatoms. The van der Waals surface area contributed by atoms with Gasteiger partial charge in [-0.25, -0.2) is 4.98 Å². The average Bonchev–Trinajstić information content (AvgIpc) is 3.54. The Hall–Kier alpha value is -6.45. The predicted molar refractivity (Wildman–Crippen MR) is 202 cm³/mol. The first kappa shape index (κ1) is 26.7. The Kier molecular flexibility index (Phi) is 5.87. The first-order valence-electron chi connectivity index (χ1n) is 16.3. The number of pyridine rings is 1. The van der Waals surface area contributed by atoms with Gasteiger partial charge in [-0.2, -0.15) is 0 Å². The molecule has 0 fully saturated rings. The Bertz CT molecular complexity index is 2770. The van der Waals surface area contributed by atoms with Crippen LogP contribution < -0.4 is 4.90 Å². The van der Waals surface area contributed by atoms with Crippen LogP contribution in [0.2, 0.25) is 0 Å². The van der Waals surface area contributed by atoms with E-state index in [0.29, 0.717) is 0 Å². The molecule has 0 aliphatic heterocycles. The van der Waals surface area contributed by atoms with Gasteiger partial charge in [0.1, 0.15) is 11.2 Å². The van der Waals surface area contributed by atoms with Gasteiger partial charge in [-0.1, -0.05) is 115 Å². The molecule has 0 radical (unpaired) electrons. The summed E-state index contributed by atoms with van der Waals surface area (Å²) in [7, 11) is 0. The number of hydrogen-bond acceptors (Lipinski definition) is 3. The molecule has 224 valence electrons. The summed E-state index contributed by atoms with van der Waals surface area (Å²) >= 11 is 0.